The van der Waals surface area contributed by atoms with E-state index in [2.05, 4.69) is 15.7 Å². The standard InChI is InChI=1S/C10H16N2OS/c13-4-2-9-7-14-10(12-9)5-8-1-3-11-6-8/h7-8,11,13H,1-6H2. The van der Waals surface area contributed by atoms with Gasteiger partial charge in [-0.05, 0) is 25.4 Å². The summed E-state index contributed by atoms with van der Waals surface area (Å²) in [7, 11) is 0. The van der Waals surface area contributed by atoms with E-state index in [1.54, 1.807) is 11.3 Å². The molecule has 1 saturated heterocycles. The van der Waals surface area contributed by atoms with E-state index in [0.29, 0.717) is 6.42 Å². The Morgan fingerprint density at radius 2 is 2.57 bits per heavy atom. The summed E-state index contributed by atoms with van der Waals surface area (Å²) >= 11 is 1.73. The van der Waals surface area contributed by atoms with E-state index in [4.69, 9.17) is 5.11 Å². The van der Waals surface area contributed by atoms with Gasteiger partial charge < -0.3 is 10.4 Å². The van der Waals surface area contributed by atoms with Crippen molar-refractivity contribution in [1.82, 2.24) is 10.3 Å². The van der Waals surface area contributed by atoms with Gasteiger partial charge in [-0.2, -0.15) is 0 Å². The molecule has 1 fully saturated rings. The lowest BCUT2D eigenvalue weighted by Gasteiger charge is -2.03. The average molecular weight is 212 g/mol. The molecule has 0 radical (unpaired) electrons. The fraction of sp³-hybridized carbons (Fsp3) is 0.700. The minimum atomic E-state index is 0.203. The summed E-state index contributed by atoms with van der Waals surface area (Å²) in [6.45, 7) is 2.49. The molecule has 3 nitrogen and oxygen atoms in total. The molecular formula is C10H16N2OS. The predicted octanol–water partition coefficient (Wildman–Crippen LogP) is 0.830. The Hall–Kier alpha value is -0.450. The highest BCUT2D eigenvalue weighted by atomic mass is 32.1. The maximum absolute atomic E-state index is 8.77. The largest absolute Gasteiger partial charge is 0.396 e. The Balaban J connectivity index is 1.88. The molecule has 4 heteroatoms. The van der Waals surface area contributed by atoms with Crippen LogP contribution in [0.1, 0.15) is 17.1 Å². The molecule has 1 unspecified atom stereocenters. The average Bonchev–Trinajstić information content (AvgIpc) is 2.79. The molecule has 0 saturated carbocycles. The van der Waals surface area contributed by atoms with Crippen LogP contribution in [0.5, 0.6) is 0 Å². The normalized spacial score (nSPS) is 21.6. The molecule has 1 aromatic heterocycles. The fourth-order valence-corrected chi connectivity index (χ4v) is 2.75. The Bertz CT molecular complexity index is 281. The zero-order valence-electron chi connectivity index (χ0n) is 8.20. The van der Waals surface area contributed by atoms with E-state index >= 15 is 0 Å². The maximum Gasteiger partial charge on any atom is 0.0931 e. The van der Waals surface area contributed by atoms with Gasteiger partial charge in [0.15, 0.2) is 0 Å². The molecule has 1 aliphatic heterocycles. The second-order valence-corrected chi connectivity index (χ2v) is 4.71. The van der Waals surface area contributed by atoms with Gasteiger partial charge in [0.25, 0.3) is 0 Å². The van der Waals surface area contributed by atoms with E-state index in [-0.39, 0.29) is 6.61 Å². The van der Waals surface area contributed by atoms with Crippen LogP contribution in [0.15, 0.2) is 5.38 Å². The van der Waals surface area contributed by atoms with E-state index in [1.807, 2.05) is 0 Å². The smallest absolute Gasteiger partial charge is 0.0931 e. The molecule has 1 atom stereocenters. The first-order valence-electron chi connectivity index (χ1n) is 5.13. The van der Waals surface area contributed by atoms with Crippen molar-refractivity contribution >= 4 is 11.3 Å². The van der Waals surface area contributed by atoms with E-state index in [1.165, 1.54) is 11.4 Å². The predicted molar refractivity (Wildman–Crippen MR) is 57.6 cm³/mol. The van der Waals surface area contributed by atoms with Crippen molar-refractivity contribution in [3.63, 3.8) is 0 Å². The van der Waals surface area contributed by atoms with Crippen LogP contribution in [0, 0.1) is 5.92 Å². The van der Waals surface area contributed by atoms with Gasteiger partial charge in [0.1, 0.15) is 0 Å². The third-order valence-electron chi connectivity index (χ3n) is 2.59. The van der Waals surface area contributed by atoms with E-state index < -0.39 is 0 Å². The fourth-order valence-electron chi connectivity index (χ4n) is 1.81. The van der Waals surface area contributed by atoms with Crippen molar-refractivity contribution in [2.24, 2.45) is 5.92 Å². The van der Waals surface area contributed by atoms with Crippen LogP contribution < -0.4 is 5.32 Å². The van der Waals surface area contributed by atoms with Crippen molar-refractivity contribution in [1.29, 1.82) is 0 Å². The minimum absolute atomic E-state index is 0.203. The van der Waals surface area contributed by atoms with E-state index in [0.717, 1.165) is 31.1 Å². The van der Waals surface area contributed by atoms with Crippen LogP contribution in [-0.4, -0.2) is 29.8 Å². The van der Waals surface area contributed by atoms with Crippen LogP contribution in [-0.2, 0) is 12.8 Å². The molecule has 78 valence electrons. The number of rotatable bonds is 4. The molecule has 0 aliphatic carbocycles. The molecule has 0 bridgehead atoms. The lowest BCUT2D eigenvalue weighted by molar-refractivity contribution is 0.298. The number of aliphatic hydroxyl groups is 1. The van der Waals surface area contributed by atoms with Gasteiger partial charge in [-0.1, -0.05) is 0 Å². The monoisotopic (exact) mass is 212 g/mol. The summed E-state index contributed by atoms with van der Waals surface area (Å²) in [5.74, 6) is 0.767. The van der Waals surface area contributed by atoms with Crippen LogP contribution in [0.25, 0.3) is 0 Å². The number of aromatic nitrogens is 1. The topological polar surface area (TPSA) is 45.1 Å². The lowest BCUT2D eigenvalue weighted by Crippen LogP contribution is -2.10. The molecule has 2 rings (SSSR count). The molecule has 0 aromatic carbocycles. The summed E-state index contributed by atoms with van der Waals surface area (Å²) in [5.41, 5.74) is 1.04. The van der Waals surface area contributed by atoms with Gasteiger partial charge in [-0.25, -0.2) is 4.98 Å². The second kappa shape index (κ2) is 4.87. The van der Waals surface area contributed by atoms with Crippen LogP contribution in [0.3, 0.4) is 0 Å². The van der Waals surface area contributed by atoms with Crippen molar-refractivity contribution in [2.75, 3.05) is 19.7 Å². The van der Waals surface area contributed by atoms with Crippen LogP contribution in [0.4, 0.5) is 0 Å². The molecular weight excluding hydrogens is 196 g/mol. The van der Waals surface area contributed by atoms with Crippen molar-refractivity contribution < 1.29 is 5.11 Å². The zero-order chi connectivity index (χ0) is 9.80. The first-order valence-corrected chi connectivity index (χ1v) is 6.01. The maximum atomic E-state index is 8.77. The SMILES string of the molecule is OCCc1csc(CC2CCNC2)n1. The van der Waals surface area contributed by atoms with E-state index in [9.17, 15) is 0 Å². The number of nitrogens with zero attached hydrogens (tertiary/aromatic N) is 1. The quantitative estimate of drug-likeness (QED) is 0.777. The molecule has 14 heavy (non-hydrogen) atoms. The highest BCUT2D eigenvalue weighted by molar-refractivity contribution is 7.09. The van der Waals surface area contributed by atoms with Crippen molar-refractivity contribution in [2.45, 2.75) is 19.3 Å². The summed E-state index contributed by atoms with van der Waals surface area (Å²) in [5, 5.41) is 15.4. The Labute approximate surface area is 88.2 Å². The zero-order valence-corrected chi connectivity index (χ0v) is 9.02. The third kappa shape index (κ3) is 2.53. The minimum Gasteiger partial charge on any atom is -0.396 e. The van der Waals surface area contributed by atoms with Crippen LogP contribution >= 0.6 is 11.3 Å². The highest BCUT2D eigenvalue weighted by Crippen LogP contribution is 2.18. The summed E-state index contributed by atoms with van der Waals surface area (Å²) in [6.07, 6.45) is 3.07. The molecule has 1 aromatic rings. The molecule has 2 heterocycles. The third-order valence-corrected chi connectivity index (χ3v) is 3.51. The number of aliphatic hydroxyl groups excluding tert-OH is 1. The molecule has 1 aliphatic rings. The number of hydrogen-bond donors (Lipinski definition) is 2. The number of nitrogens with one attached hydrogen (secondary N) is 1. The Morgan fingerprint density at radius 3 is 3.29 bits per heavy atom. The molecule has 0 amide bonds. The molecule has 0 spiro atoms. The van der Waals surface area contributed by atoms with Crippen LogP contribution in [0.2, 0.25) is 0 Å². The van der Waals surface area contributed by atoms with Gasteiger partial charge >= 0.3 is 0 Å². The first-order chi connectivity index (χ1) is 6.88. The first kappa shape index (κ1) is 10.1. The Kier molecular flexibility index (Phi) is 3.50. The van der Waals surface area contributed by atoms with Gasteiger partial charge in [0.05, 0.1) is 10.7 Å². The number of hydrogen-bond acceptors (Lipinski definition) is 4. The van der Waals surface area contributed by atoms with Crippen molar-refractivity contribution in [3.8, 4) is 0 Å². The summed E-state index contributed by atoms with van der Waals surface area (Å²) < 4.78 is 0. The highest BCUT2D eigenvalue weighted by Gasteiger charge is 2.16. The summed E-state index contributed by atoms with van der Waals surface area (Å²) in [6, 6.07) is 0. The second-order valence-electron chi connectivity index (χ2n) is 3.77. The lowest BCUT2D eigenvalue weighted by atomic mass is 10.1. The van der Waals surface area contributed by atoms with Gasteiger partial charge in [0, 0.05) is 24.8 Å². The Morgan fingerprint density at radius 1 is 1.64 bits per heavy atom. The van der Waals surface area contributed by atoms with Gasteiger partial charge in [0.2, 0.25) is 0 Å². The summed E-state index contributed by atoms with van der Waals surface area (Å²) in [4.78, 5) is 4.49. The van der Waals surface area contributed by atoms with Gasteiger partial charge in [-0.15, -0.1) is 11.3 Å². The number of thiazole rings is 1. The van der Waals surface area contributed by atoms with Crippen molar-refractivity contribution in [3.05, 3.63) is 16.1 Å². The molecule has 2 N–H and O–H groups in total. The van der Waals surface area contributed by atoms with Gasteiger partial charge in [-0.3, -0.25) is 0 Å².